The molecule has 0 saturated carbocycles. The maximum absolute atomic E-state index is 11.3. The minimum absolute atomic E-state index is 0. The van der Waals surface area contributed by atoms with E-state index in [1.165, 1.54) is 6.20 Å². The smallest absolute Gasteiger partial charge is 0.339 e. The van der Waals surface area contributed by atoms with Gasteiger partial charge in [0.25, 0.3) is 0 Å². The van der Waals surface area contributed by atoms with Crippen LogP contribution in [0.25, 0.3) is 11.0 Å². The maximum atomic E-state index is 11.3. The molecule has 2 aromatic rings. The van der Waals surface area contributed by atoms with Gasteiger partial charge in [-0.25, -0.2) is 9.78 Å². The van der Waals surface area contributed by atoms with Crippen molar-refractivity contribution in [1.82, 2.24) is 15.3 Å². The zero-order chi connectivity index (χ0) is 13.2. The number of rotatable bonds is 3. The molecule has 4 N–H and O–H groups in total. The van der Waals surface area contributed by atoms with Crippen LogP contribution in [0.15, 0.2) is 18.5 Å². The standard InChI is InChI=1S/C13H16N4O2.ClH/c18-13(19)10-7-16-12-9(3-5-15-12)11(10)17-8-2-1-4-14-6-8;/h3,5,7-8,14H,1-2,4,6H2,(H,18,19)(H2,15,16,17);1H/t8-;/m1./s1. The topological polar surface area (TPSA) is 90.0 Å². The van der Waals surface area contributed by atoms with E-state index in [9.17, 15) is 9.90 Å². The summed E-state index contributed by atoms with van der Waals surface area (Å²) >= 11 is 0. The van der Waals surface area contributed by atoms with E-state index in [2.05, 4.69) is 20.6 Å². The number of nitrogens with zero attached hydrogens (tertiary/aromatic N) is 1. The zero-order valence-electron chi connectivity index (χ0n) is 10.8. The Morgan fingerprint density at radius 3 is 3.05 bits per heavy atom. The van der Waals surface area contributed by atoms with Crippen molar-refractivity contribution in [3.05, 3.63) is 24.0 Å². The molecule has 2 aromatic heterocycles. The average Bonchev–Trinajstić information content (AvgIpc) is 2.88. The summed E-state index contributed by atoms with van der Waals surface area (Å²) in [4.78, 5) is 18.5. The molecular weight excluding hydrogens is 280 g/mol. The van der Waals surface area contributed by atoms with E-state index in [0.717, 1.165) is 31.3 Å². The maximum Gasteiger partial charge on any atom is 0.339 e. The number of carboxylic acids is 1. The second-order valence-electron chi connectivity index (χ2n) is 4.78. The third kappa shape index (κ3) is 2.71. The highest BCUT2D eigenvalue weighted by molar-refractivity contribution is 6.03. The van der Waals surface area contributed by atoms with Crippen LogP contribution in [0, 0.1) is 0 Å². The van der Waals surface area contributed by atoms with Gasteiger partial charge in [0.05, 0.1) is 5.69 Å². The molecule has 20 heavy (non-hydrogen) atoms. The van der Waals surface area contributed by atoms with Crippen LogP contribution in [0.3, 0.4) is 0 Å². The van der Waals surface area contributed by atoms with Crippen LogP contribution in [-0.2, 0) is 0 Å². The lowest BCUT2D eigenvalue weighted by Gasteiger charge is -2.25. The van der Waals surface area contributed by atoms with E-state index in [0.29, 0.717) is 11.3 Å². The van der Waals surface area contributed by atoms with Crippen molar-refractivity contribution in [3.8, 4) is 0 Å². The predicted octanol–water partition coefficient (Wildman–Crippen LogP) is 1.85. The second-order valence-corrected chi connectivity index (χ2v) is 4.78. The van der Waals surface area contributed by atoms with Crippen molar-refractivity contribution >= 4 is 35.1 Å². The lowest BCUT2D eigenvalue weighted by Crippen LogP contribution is -2.38. The Bertz CT molecular complexity index is 607. The minimum atomic E-state index is -0.957. The largest absolute Gasteiger partial charge is 0.478 e. The Morgan fingerprint density at radius 1 is 1.50 bits per heavy atom. The molecule has 1 aliphatic heterocycles. The molecule has 1 fully saturated rings. The van der Waals surface area contributed by atoms with Crippen LogP contribution in [0.4, 0.5) is 5.69 Å². The van der Waals surface area contributed by atoms with Crippen molar-refractivity contribution in [3.63, 3.8) is 0 Å². The number of fused-ring (bicyclic) bond motifs is 1. The fraction of sp³-hybridized carbons (Fsp3) is 0.385. The summed E-state index contributed by atoms with van der Waals surface area (Å²) in [6.07, 6.45) is 5.31. The normalized spacial score (nSPS) is 18.5. The van der Waals surface area contributed by atoms with Crippen LogP contribution >= 0.6 is 12.4 Å². The number of aromatic amines is 1. The number of hydrogen-bond acceptors (Lipinski definition) is 4. The molecule has 0 radical (unpaired) electrons. The number of piperidine rings is 1. The molecule has 6 nitrogen and oxygen atoms in total. The molecule has 7 heteroatoms. The Kier molecular flexibility index (Phi) is 4.46. The predicted molar refractivity (Wildman–Crippen MR) is 79.8 cm³/mol. The molecule has 108 valence electrons. The number of pyridine rings is 1. The lowest BCUT2D eigenvalue weighted by molar-refractivity contribution is 0.0697. The van der Waals surface area contributed by atoms with Crippen LogP contribution in [0.1, 0.15) is 23.2 Å². The van der Waals surface area contributed by atoms with Gasteiger partial charge in [-0.1, -0.05) is 0 Å². The summed E-state index contributed by atoms with van der Waals surface area (Å²) < 4.78 is 0. The van der Waals surface area contributed by atoms with Crippen molar-refractivity contribution < 1.29 is 9.90 Å². The van der Waals surface area contributed by atoms with E-state index in [-0.39, 0.29) is 24.0 Å². The highest BCUT2D eigenvalue weighted by Crippen LogP contribution is 2.27. The number of carboxylic acid groups (broad SMARTS) is 1. The van der Waals surface area contributed by atoms with E-state index in [4.69, 9.17) is 0 Å². The molecule has 1 atom stereocenters. The number of hydrogen-bond donors (Lipinski definition) is 4. The molecule has 0 unspecified atom stereocenters. The van der Waals surface area contributed by atoms with Crippen molar-refractivity contribution in [2.75, 3.05) is 18.4 Å². The molecule has 0 aliphatic carbocycles. The molecule has 3 rings (SSSR count). The number of aromatic carboxylic acids is 1. The van der Waals surface area contributed by atoms with Gasteiger partial charge in [-0.15, -0.1) is 12.4 Å². The minimum Gasteiger partial charge on any atom is -0.478 e. The van der Waals surface area contributed by atoms with Gasteiger partial charge in [-0.3, -0.25) is 0 Å². The van der Waals surface area contributed by atoms with Gasteiger partial charge < -0.3 is 20.7 Å². The molecular formula is C13H17ClN4O2. The number of halogens is 1. The molecule has 0 bridgehead atoms. The van der Waals surface area contributed by atoms with Gasteiger partial charge in [0, 0.05) is 30.4 Å². The number of anilines is 1. The van der Waals surface area contributed by atoms with E-state index in [1.807, 2.05) is 6.07 Å². The van der Waals surface area contributed by atoms with Gasteiger partial charge in [-0.05, 0) is 25.5 Å². The molecule has 1 aliphatic rings. The monoisotopic (exact) mass is 296 g/mol. The summed E-state index contributed by atoms with van der Waals surface area (Å²) in [5.41, 5.74) is 1.58. The Hall–Kier alpha value is -1.79. The zero-order valence-corrected chi connectivity index (χ0v) is 11.7. The third-order valence-electron chi connectivity index (χ3n) is 3.46. The van der Waals surface area contributed by atoms with Crippen LogP contribution in [0.5, 0.6) is 0 Å². The highest BCUT2D eigenvalue weighted by Gasteiger charge is 2.19. The van der Waals surface area contributed by atoms with Crippen LogP contribution < -0.4 is 10.6 Å². The lowest BCUT2D eigenvalue weighted by atomic mass is 10.1. The summed E-state index contributed by atoms with van der Waals surface area (Å²) in [6.45, 7) is 1.88. The van der Waals surface area contributed by atoms with Gasteiger partial charge in [0.15, 0.2) is 0 Å². The van der Waals surface area contributed by atoms with Crippen molar-refractivity contribution in [1.29, 1.82) is 0 Å². The number of carbonyl (C=O) groups is 1. The van der Waals surface area contributed by atoms with E-state index in [1.54, 1.807) is 6.20 Å². The first-order valence-electron chi connectivity index (χ1n) is 6.42. The average molecular weight is 297 g/mol. The van der Waals surface area contributed by atoms with E-state index >= 15 is 0 Å². The molecule has 0 aromatic carbocycles. The van der Waals surface area contributed by atoms with Crippen LogP contribution in [-0.4, -0.2) is 40.2 Å². The second kappa shape index (κ2) is 6.11. The summed E-state index contributed by atoms with van der Waals surface area (Å²) in [5, 5.41) is 16.8. The molecule has 3 heterocycles. The summed E-state index contributed by atoms with van der Waals surface area (Å²) in [7, 11) is 0. The van der Waals surface area contributed by atoms with E-state index < -0.39 is 5.97 Å². The van der Waals surface area contributed by atoms with Gasteiger partial charge in [0.1, 0.15) is 11.2 Å². The first-order chi connectivity index (χ1) is 9.25. The number of aromatic nitrogens is 2. The van der Waals surface area contributed by atoms with Crippen molar-refractivity contribution in [2.24, 2.45) is 0 Å². The summed E-state index contributed by atoms with van der Waals surface area (Å²) in [5.74, 6) is -0.957. The fourth-order valence-corrected chi connectivity index (χ4v) is 2.50. The van der Waals surface area contributed by atoms with Gasteiger partial charge >= 0.3 is 5.97 Å². The number of H-pyrrole nitrogens is 1. The SMILES string of the molecule is Cl.O=C(O)c1cnc2[nH]ccc2c1N[C@@H]1CCCNC1. The van der Waals surface area contributed by atoms with Gasteiger partial charge in [0.2, 0.25) is 0 Å². The molecule has 0 amide bonds. The Morgan fingerprint density at radius 2 is 2.35 bits per heavy atom. The highest BCUT2D eigenvalue weighted by atomic mass is 35.5. The first-order valence-corrected chi connectivity index (χ1v) is 6.42. The number of nitrogens with one attached hydrogen (secondary N) is 3. The Balaban J connectivity index is 0.00000147. The fourth-order valence-electron chi connectivity index (χ4n) is 2.50. The Labute approximate surface area is 122 Å². The summed E-state index contributed by atoms with van der Waals surface area (Å²) in [6, 6.07) is 2.11. The van der Waals surface area contributed by atoms with Crippen molar-refractivity contribution in [2.45, 2.75) is 18.9 Å². The van der Waals surface area contributed by atoms with Crippen LogP contribution in [0.2, 0.25) is 0 Å². The quantitative estimate of drug-likeness (QED) is 0.694. The molecule has 1 saturated heterocycles. The van der Waals surface area contributed by atoms with Gasteiger partial charge in [-0.2, -0.15) is 0 Å². The third-order valence-corrected chi connectivity index (χ3v) is 3.46. The first kappa shape index (κ1) is 14.6. The molecule has 0 spiro atoms.